The molecule has 1 aromatic heterocycles. The van der Waals surface area contributed by atoms with Crippen LogP contribution in [0.1, 0.15) is 5.69 Å². The maximum atomic E-state index is 10.9. The quantitative estimate of drug-likeness (QED) is 0.448. The lowest BCUT2D eigenvalue weighted by atomic mass is 10.1. The number of nitro groups is 1. The number of nitrogens with zero attached hydrogens (tertiary/aromatic N) is 2. The lowest BCUT2D eigenvalue weighted by Gasteiger charge is -2.02. The Bertz CT molecular complexity index is 564. The van der Waals surface area contributed by atoms with Crippen molar-refractivity contribution in [3.8, 4) is 0 Å². The summed E-state index contributed by atoms with van der Waals surface area (Å²) < 4.78 is 0. The van der Waals surface area contributed by atoms with Crippen LogP contribution in [0.2, 0.25) is 0 Å². The number of allylic oxidation sites excluding steroid dienone is 1. The van der Waals surface area contributed by atoms with Gasteiger partial charge in [-0.3, -0.25) is 15.1 Å². The highest BCUT2D eigenvalue weighted by atomic mass is 16.6. The summed E-state index contributed by atoms with van der Waals surface area (Å²) in [5.74, 6) is 0. The van der Waals surface area contributed by atoms with Crippen molar-refractivity contribution >= 4 is 16.6 Å². The SMILES string of the molecule is C=CCc1cc([N+](=O)[O-])c2ccccc2n1. The molecule has 2 aromatic rings. The van der Waals surface area contributed by atoms with E-state index in [1.165, 1.54) is 6.07 Å². The summed E-state index contributed by atoms with van der Waals surface area (Å²) in [5.41, 5.74) is 1.41. The Morgan fingerprint density at radius 2 is 2.19 bits per heavy atom. The fourth-order valence-corrected chi connectivity index (χ4v) is 1.61. The van der Waals surface area contributed by atoms with E-state index in [0.717, 1.165) is 0 Å². The Labute approximate surface area is 92.4 Å². The number of aromatic nitrogens is 1. The fourth-order valence-electron chi connectivity index (χ4n) is 1.61. The number of hydrogen-bond acceptors (Lipinski definition) is 3. The molecule has 0 aliphatic heterocycles. The van der Waals surface area contributed by atoms with Crippen LogP contribution in [0.4, 0.5) is 5.69 Å². The van der Waals surface area contributed by atoms with E-state index >= 15 is 0 Å². The van der Waals surface area contributed by atoms with Gasteiger partial charge in [-0.25, -0.2) is 0 Å². The molecule has 0 fully saturated rings. The lowest BCUT2D eigenvalue weighted by molar-refractivity contribution is -0.383. The molecule has 80 valence electrons. The first kappa shape index (κ1) is 10.3. The second-order valence-corrected chi connectivity index (χ2v) is 3.40. The maximum Gasteiger partial charge on any atom is 0.280 e. The minimum absolute atomic E-state index is 0.0995. The van der Waals surface area contributed by atoms with Crippen LogP contribution >= 0.6 is 0 Å². The number of hydrogen-bond donors (Lipinski definition) is 0. The van der Waals surface area contributed by atoms with Crippen molar-refractivity contribution in [3.63, 3.8) is 0 Å². The van der Waals surface area contributed by atoms with Gasteiger partial charge in [0.15, 0.2) is 0 Å². The van der Waals surface area contributed by atoms with Crippen LogP contribution in [0, 0.1) is 10.1 Å². The van der Waals surface area contributed by atoms with E-state index in [1.807, 2.05) is 6.07 Å². The van der Waals surface area contributed by atoms with Crippen LogP contribution in [-0.4, -0.2) is 9.91 Å². The van der Waals surface area contributed by atoms with Crippen molar-refractivity contribution in [2.45, 2.75) is 6.42 Å². The van der Waals surface area contributed by atoms with Crippen molar-refractivity contribution in [3.05, 3.63) is 58.8 Å². The zero-order valence-corrected chi connectivity index (χ0v) is 8.59. The van der Waals surface area contributed by atoms with Gasteiger partial charge >= 0.3 is 0 Å². The predicted octanol–water partition coefficient (Wildman–Crippen LogP) is 2.87. The van der Waals surface area contributed by atoms with Gasteiger partial charge in [0.05, 0.1) is 21.5 Å². The monoisotopic (exact) mass is 214 g/mol. The lowest BCUT2D eigenvalue weighted by Crippen LogP contribution is -1.95. The Balaban J connectivity index is 2.73. The molecule has 16 heavy (non-hydrogen) atoms. The van der Waals surface area contributed by atoms with E-state index in [4.69, 9.17) is 0 Å². The van der Waals surface area contributed by atoms with Crippen LogP contribution in [-0.2, 0) is 6.42 Å². The standard InChI is InChI=1S/C12H10N2O2/c1-2-5-9-8-12(14(15)16)10-6-3-4-7-11(10)13-9/h2-4,6-8H,1,5H2. The number of rotatable bonds is 3. The van der Waals surface area contributed by atoms with Crippen LogP contribution in [0.15, 0.2) is 43.0 Å². The van der Waals surface area contributed by atoms with E-state index < -0.39 is 0 Å². The summed E-state index contributed by atoms with van der Waals surface area (Å²) in [5, 5.41) is 11.5. The highest BCUT2D eigenvalue weighted by Crippen LogP contribution is 2.25. The molecular formula is C12H10N2O2. The molecule has 4 heteroatoms. The molecule has 0 saturated carbocycles. The van der Waals surface area contributed by atoms with Crippen LogP contribution in [0.25, 0.3) is 10.9 Å². The molecule has 0 radical (unpaired) electrons. The summed E-state index contributed by atoms with van der Waals surface area (Å²) in [7, 11) is 0. The molecule has 4 nitrogen and oxygen atoms in total. The van der Waals surface area contributed by atoms with Crippen LogP contribution < -0.4 is 0 Å². The molecule has 0 N–H and O–H groups in total. The minimum Gasteiger partial charge on any atom is -0.258 e. The summed E-state index contributed by atoms with van der Waals surface area (Å²) in [6, 6.07) is 8.57. The maximum absolute atomic E-state index is 10.9. The molecule has 0 spiro atoms. The second kappa shape index (κ2) is 4.10. The van der Waals surface area contributed by atoms with Gasteiger partial charge in [0, 0.05) is 12.5 Å². The van der Waals surface area contributed by atoms with Crippen molar-refractivity contribution in [1.82, 2.24) is 4.98 Å². The molecule has 2 rings (SSSR count). The third kappa shape index (κ3) is 1.77. The van der Waals surface area contributed by atoms with Crippen molar-refractivity contribution in [2.24, 2.45) is 0 Å². The van der Waals surface area contributed by atoms with Crippen LogP contribution in [0.3, 0.4) is 0 Å². The van der Waals surface area contributed by atoms with Gasteiger partial charge in [-0.15, -0.1) is 6.58 Å². The van der Waals surface area contributed by atoms with E-state index in [0.29, 0.717) is 23.0 Å². The van der Waals surface area contributed by atoms with Gasteiger partial charge in [0.1, 0.15) is 0 Å². The smallest absolute Gasteiger partial charge is 0.258 e. The van der Waals surface area contributed by atoms with Gasteiger partial charge in [0.2, 0.25) is 0 Å². The Hall–Kier alpha value is -2.23. The molecule has 0 bridgehead atoms. The zero-order valence-electron chi connectivity index (χ0n) is 8.59. The Morgan fingerprint density at radius 1 is 1.44 bits per heavy atom. The third-order valence-corrected chi connectivity index (χ3v) is 2.30. The van der Waals surface area contributed by atoms with Crippen molar-refractivity contribution in [2.75, 3.05) is 0 Å². The van der Waals surface area contributed by atoms with Crippen molar-refractivity contribution in [1.29, 1.82) is 0 Å². The van der Waals surface area contributed by atoms with E-state index in [2.05, 4.69) is 11.6 Å². The van der Waals surface area contributed by atoms with Crippen molar-refractivity contribution < 1.29 is 4.92 Å². The van der Waals surface area contributed by atoms with E-state index in [9.17, 15) is 10.1 Å². The largest absolute Gasteiger partial charge is 0.280 e. The minimum atomic E-state index is -0.378. The average Bonchev–Trinajstić information content (AvgIpc) is 2.28. The van der Waals surface area contributed by atoms with Gasteiger partial charge < -0.3 is 0 Å². The highest BCUT2D eigenvalue weighted by Gasteiger charge is 2.13. The summed E-state index contributed by atoms with van der Waals surface area (Å²) >= 11 is 0. The molecule has 1 aromatic carbocycles. The van der Waals surface area contributed by atoms with Crippen LogP contribution in [0.5, 0.6) is 0 Å². The molecular weight excluding hydrogens is 204 g/mol. The molecule has 0 saturated heterocycles. The summed E-state index contributed by atoms with van der Waals surface area (Å²) in [4.78, 5) is 14.9. The van der Waals surface area contributed by atoms with E-state index in [1.54, 1.807) is 24.3 Å². The summed E-state index contributed by atoms with van der Waals surface area (Å²) in [6.45, 7) is 3.60. The zero-order chi connectivity index (χ0) is 11.5. The number of fused-ring (bicyclic) bond motifs is 1. The summed E-state index contributed by atoms with van der Waals surface area (Å²) in [6.07, 6.45) is 2.21. The second-order valence-electron chi connectivity index (χ2n) is 3.40. The van der Waals surface area contributed by atoms with Gasteiger partial charge in [-0.2, -0.15) is 0 Å². The molecule has 1 heterocycles. The molecule has 0 unspecified atom stereocenters. The highest BCUT2D eigenvalue weighted by molar-refractivity contribution is 5.87. The van der Waals surface area contributed by atoms with Gasteiger partial charge in [0.25, 0.3) is 5.69 Å². The predicted molar refractivity (Wildman–Crippen MR) is 62.3 cm³/mol. The molecule has 0 amide bonds. The first-order valence-corrected chi connectivity index (χ1v) is 4.86. The normalized spacial score (nSPS) is 10.2. The van der Waals surface area contributed by atoms with Gasteiger partial charge in [-0.1, -0.05) is 18.2 Å². The first-order chi connectivity index (χ1) is 7.72. The topological polar surface area (TPSA) is 56.0 Å². The molecule has 0 aliphatic rings. The molecule has 0 atom stereocenters. The number of pyridine rings is 1. The Morgan fingerprint density at radius 3 is 2.88 bits per heavy atom. The fraction of sp³-hybridized carbons (Fsp3) is 0.0833. The molecule has 0 aliphatic carbocycles. The number of para-hydroxylation sites is 1. The average molecular weight is 214 g/mol. The first-order valence-electron chi connectivity index (χ1n) is 4.86. The Kier molecular flexibility index (Phi) is 2.64. The van der Waals surface area contributed by atoms with E-state index in [-0.39, 0.29) is 10.6 Å². The van der Waals surface area contributed by atoms with Gasteiger partial charge in [-0.05, 0) is 12.1 Å². The number of benzene rings is 1. The third-order valence-electron chi connectivity index (χ3n) is 2.30.